The van der Waals surface area contributed by atoms with Gasteiger partial charge < -0.3 is 4.74 Å². The fourth-order valence-electron chi connectivity index (χ4n) is 4.31. The second-order valence-electron chi connectivity index (χ2n) is 9.20. The number of hydrogen-bond donors (Lipinski definition) is 0. The number of nitrogens with zero attached hydrogens (tertiary/aromatic N) is 1. The van der Waals surface area contributed by atoms with Crippen LogP contribution in [0, 0.1) is 6.92 Å². The molecule has 1 unspecified atom stereocenters. The van der Waals surface area contributed by atoms with E-state index in [1.165, 1.54) is 42.2 Å². The van der Waals surface area contributed by atoms with Gasteiger partial charge in [0.1, 0.15) is 0 Å². The predicted molar refractivity (Wildman–Crippen MR) is 114 cm³/mol. The molecule has 1 heterocycles. The van der Waals surface area contributed by atoms with Gasteiger partial charge in [-0.05, 0) is 65.0 Å². The SMILES string of the molecule is C=CC(c1ccc(C(=O)OC)cn1)c1cc2c(cc1C)C(C)(C)CCC2(C)C. The summed E-state index contributed by atoms with van der Waals surface area (Å²) in [6.45, 7) is 15.6. The van der Waals surface area contributed by atoms with Crippen LogP contribution in [-0.2, 0) is 15.6 Å². The van der Waals surface area contributed by atoms with Gasteiger partial charge in [0.2, 0.25) is 0 Å². The van der Waals surface area contributed by atoms with Gasteiger partial charge in [-0.15, -0.1) is 6.58 Å². The van der Waals surface area contributed by atoms with Crippen LogP contribution < -0.4 is 0 Å². The van der Waals surface area contributed by atoms with Crippen LogP contribution in [-0.4, -0.2) is 18.1 Å². The average molecular weight is 378 g/mol. The highest BCUT2D eigenvalue weighted by molar-refractivity contribution is 5.88. The molecule has 0 amide bonds. The first-order chi connectivity index (χ1) is 13.1. The lowest BCUT2D eigenvalue weighted by atomic mass is 9.62. The Morgan fingerprint density at radius 3 is 2.25 bits per heavy atom. The third kappa shape index (κ3) is 3.50. The number of methoxy groups -OCH3 is 1. The van der Waals surface area contributed by atoms with Gasteiger partial charge in [0.15, 0.2) is 0 Å². The lowest BCUT2D eigenvalue weighted by Crippen LogP contribution is -2.34. The molecule has 0 saturated carbocycles. The van der Waals surface area contributed by atoms with Gasteiger partial charge in [0.25, 0.3) is 0 Å². The average Bonchev–Trinajstić information content (AvgIpc) is 2.67. The number of benzene rings is 1. The fraction of sp³-hybridized carbons (Fsp3) is 0.440. The molecule has 0 saturated heterocycles. The number of carbonyl (C=O) groups is 1. The fourth-order valence-corrected chi connectivity index (χ4v) is 4.31. The molecule has 28 heavy (non-hydrogen) atoms. The lowest BCUT2D eigenvalue weighted by Gasteiger charge is -2.42. The molecular weight excluding hydrogens is 346 g/mol. The summed E-state index contributed by atoms with van der Waals surface area (Å²) in [6.07, 6.45) is 5.90. The van der Waals surface area contributed by atoms with E-state index in [1.54, 1.807) is 12.3 Å². The minimum Gasteiger partial charge on any atom is -0.465 e. The van der Waals surface area contributed by atoms with E-state index in [1.807, 2.05) is 12.1 Å². The molecule has 1 aromatic heterocycles. The summed E-state index contributed by atoms with van der Waals surface area (Å²) in [6, 6.07) is 8.40. The molecule has 3 rings (SSSR count). The topological polar surface area (TPSA) is 39.2 Å². The minimum absolute atomic E-state index is 0.0159. The predicted octanol–water partition coefficient (Wildman–Crippen LogP) is 5.84. The van der Waals surface area contributed by atoms with Crippen molar-refractivity contribution < 1.29 is 9.53 Å². The molecule has 0 spiro atoms. The van der Waals surface area contributed by atoms with E-state index in [9.17, 15) is 4.79 Å². The van der Waals surface area contributed by atoms with Gasteiger partial charge >= 0.3 is 5.97 Å². The zero-order chi connectivity index (χ0) is 20.7. The summed E-state index contributed by atoms with van der Waals surface area (Å²) in [5, 5.41) is 0. The first-order valence-corrected chi connectivity index (χ1v) is 9.93. The summed E-state index contributed by atoms with van der Waals surface area (Å²) < 4.78 is 4.77. The molecule has 1 atom stereocenters. The van der Waals surface area contributed by atoms with E-state index in [2.05, 4.69) is 58.3 Å². The smallest absolute Gasteiger partial charge is 0.339 e. The van der Waals surface area contributed by atoms with Crippen molar-refractivity contribution in [3.05, 3.63) is 76.6 Å². The Balaban J connectivity index is 2.09. The molecule has 1 aromatic carbocycles. The van der Waals surface area contributed by atoms with Crippen LogP contribution in [0.5, 0.6) is 0 Å². The number of aryl methyl sites for hydroxylation is 1. The number of hydrogen-bond acceptors (Lipinski definition) is 3. The number of allylic oxidation sites excluding steroid dienone is 1. The Labute approximate surface area is 168 Å². The molecule has 2 aromatic rings. The van der Waals surface area contributed by atoms with Crippen LogP contribution in [0.25, 0.3) is 0 Å². The van der Waals surface area contributed by atoms with Gasteiger partial charge in [-0.25, -0.2) is 4.79 Å². The Kier molecular flexibility index (Phi) is 5.22. The Morgan fingerprint density at radius 1 is 1.14 bits per heavy atom. The van der Waals surface area contributed by atoms with Gasteiger partial charge in [0.05, 0.1) is 18.4 Å². The Morgan fingerprint density at radius 2 is 1.75 bits per heavy atom. The van der Waals surface area contributed by atoms with Gasteiger partial charge in [-0.3, -0.25) is 4.98 Å². The third-order valence-corrected chi connectivity index (χ3v) is 6.34. The van der Waals surface area contributed by atoms with E-state index >= 15 is 0 Å². The standard InChI is InChI=1S/C25H31NO2/c1-8-18(22-10-9-17(15-26-22)23(27)28-7)19-14-21-20(13-16(19)2)24(3,4)11-12-25(21,5)6/h8-10,13-15,18H,1,11-12H2,2-7H3. The van der Waals surface area contributed by atoms with E-state index in [4.69, 9.17) is 4.74 Å². The van der Waals surface area contributed by atoms with Crippen molar-refractivity contribution in [2.45, 2.75) is 64.2 Å². The number of carbonyl (C=O) groups excluding carboxylic acids is 1. The molecule has 0 bridgehead atoms. The minimum atomic E-state index is -0.372. The molecule has 0 fully saturated rings. The van der Waals surface area contributed by atoms with E-state index in [0.29, 0.717) is 5.56 Å². The van der Waals surface area contributed by atoms with E-state index in [0.717, 1.165) is 5.69 Å². The number of esters is 1. The lowest BCUT2D eigenvalue weighted by molar-refractivity contribution is 0.0600. The zero-order valence-corrected chi connectivity index (χ0v) is 17.9. The van der Waals surface area contributed by atoms with Crippen LogP contribution in [0.3, 0.4) is 0 Å². The normalized spacial score (nSPS) is 18.1. The first kappa shape index (κ1) is 20.3. The van der Waals surface area contributed by atoms with Crippen molar-refractivity contribution in [2.24, 2.45) is 0 Å². The molecule has 3 heteroatoms. The summed E-state index contributed by atoms with van der Waals surface area (Å²) in [4.78, 5) is 16.2. The number of pyridine rings is 1. The largest absolute Gasteiger partial charge is 0.465 e. The summed E-state index contributed by atoms with van der Waals surface area (Å²) in [7, 11) is 1.38. The summed E-state index contributed by atoms with van der Waals surface area (Å²) in [5.41, 5.74) is 7.08. The maximum Gasteiger partial charge on any atom is 0.339 e. The molecule has 0 N–H and O–H groups in total. The van der Waals surface area contributed by atoms with Gasteiger partial charge in [0, 0.05) is 12.1 Å². The van der Waals surface area contributed by atoms with Crippen molar-refractivity contribution in [3.8, 4) is 0 Å². The van der Waals surface area contributed by atoms with E-state index in [-0.39, 0.29) is 22.7 Å². The van der Waals surface area contributed by atoms with Crippen molar-refractivity contribution in [3.63, 3.8) is 0 Å². The number of aromatic nitrogens is 1. The Bertz CT molecular complexity index is 907. The second kappa shape index (κ2) is 7.20. The quantitative estimate of drug-likeness (QED) is 0.496. The molecule has 0 aliphatic heterocycles. The highest BCUT2D eigenvalue weighted by Gasteiger charge is 2.37. The molecule has 1 aliphatic carbocycles. The summed E-state index contributed by atoms with van der Waals surface area (Å²) >= 11 is 0. The first-order valence-electron chi connectivity index (χ1n) is 9.93. The van der Waals surface area contributed by atoms with Crippen LogP contribution in [0.15, 0.2) is 43.1 Å². The molecule has 0 radical (unpaired) electrons. The van der Waals surface area contributed by atoms with Gasteiger partial charge in [-0.2, -0.15) is 0 Å². The van der Waals surface area contributed by atoms with Crippen LogP contribution >= 0.6 is 0 Å². The third-order valence-electron chi connectivity index (χ3n) is 6.34. The maximum absolute atomic E-state index is 11.7. The Hall–Kier alpha value is -2.42. The number of rotatable bonds is 4. The van der Waals surface area contributed by atoms with Crippen LogP contribution in [0.1, 0.15) is 84.8 Å². The molecular formula is C25H31NO2. The van der Waals surface area contributed by atoms with Crippen molar-refractivity contribution in [1.82, 2.24) is 4.98 Å². The van der Waals surface area contributed by atoms with Crippen molar-refractivity contribution >= 4 is 5.97 Å². The monoisotopic (exact) mass is 377 g/mol. The second-order valence-corrected chi connectivity index (χ2v) is 9.20. The summed E-state index contributed by atoms with van der Waals surface area (Å²) in [5.74, 6) is -0.388. The molecule has 148 valence electrons. The van der Waals surface area contributed by atoms with Crippen LogP contribution in [0.2, 0.25) is 0 Å². The number of ether oxygens (including phenoxy) is 1. The van der Waals surface area contributed by atoms with Crippen molar-refractivity contribution in [1.29, 1.82) is 0 Å². The van der Waals surface area contributed by atoms with E-state index < -0.39 is 0 Å². The van der Waals surface area contributed by atoms with Crippen LogP contribution in [0.4, 0.5) is 0 Å². The maximum atomic E-state index is 11.7. The van der Waals surface area contributed by atoms with Crippen molar-refractivity contribution in [2.75, 3.05) is 7.11 Å². The number of fused-ring (bicyclic) bond motifs is 1. The zero-order valence-electron chi connectivity index (χ0n) is 17.9. The molecule has 3 nitrogen and oxygen atoms in total. The highest BCUT2D eigenvalue weighted by atomic mass is 16.5. The highest BCUT2D eigenvalue weighted by Crippen LogP contribution is 2.47. The van der Waals surface area contributed by atoms with Gasteiger partial charge in [-0.1, -0.05) is 45.9 Å². The molecule has 1 aliphatic rings.